The van der Waals surface area contributed by atoms with Gasteiger partial charge in [-0.3, -0.25) is 0 Å². The van der Waals surface area contributed by atoms with Crippen molar-refractivity contribution in [1.82, 2.24) is 10.6 Å². The minimum absolute atomic E-state index is 0.0576. The van der Waals surface area contributed by atoms with Crippen molar-refractivity contribution in [3.63, 3.8) is 0 Å². The largest absolute Gasteiger partial charge is 0.395 e. The zero-order chi connectivity index (χ0) is 11.8. The number of carbonyl (C=O) groups excluding carboxylic acids is 1. The van der Waals surface area contributed by atoms with E-state index in [0.29, 0.717) is 18.0 Å². The van der Waals surface area contributed by atoms with E-state index in [4.69, 9.17) is 16.7 Å². The number of nitrogens with one attached hydrogen (secondary N) is 2. The van der Waals surface area contributed by atoms with Gasteiger partial charge in [0, 0.05) is 18.1 Å². The fourth-order valence-electron chi connectivity index (χ4n) is 1.24. The van der Waals surface area contributed by atoms with Crippen LogP contribution >= 0.6 is 11.6 Å². The van der Waals surface area contributed by atoms with Gasteiger partial charge in [0.15, 0.2) is 0 Å². The summed E-state index contributed by atoms with van der Waals surface area (Å²) in [4.78, 5) is 11.1. The molecule has 5 heteroatoms. The number of carbonyl (C=O) groups is 1. The molecule has 0 atom stereocenters. The third-order valence-electron chi connectivity index (χ3n) is 2.04. The standard InChI is InChI=1S/C11H15ClN2O2/c12-10-4-2-1-3-9(10)5-6-13-11(16)14-7-8-15/h1-4,15H,5-8H2,(H2,13,14,16). The lowest BCUT2D eigenvalue weighted by Gasteiger charge is -2.07. The SMILES string of the molecule is O=C(NCCO)NCCc1ccccc1Cl. The van der Waals surface area contributed by atoms with Crippen molar-refractivity contribution in [2.24, 2.45) is 0 Å². The smallest absolute Gasteiger partial charge is 0.314 e. The van der Waals surface area contributed by atoms with Gasteiger partial charge >= 0.3 is 6.03 Å². The van der Waals surface area contributed by atoms with Crippen LogP contribution in [0.15, 0.2) is 24.3 Å². The molecule has 4 nitrogen and oxygen atoms in total. The van der Waals surface area contributed by atoms with Gasteiger partial charge in [-0.2, -0.15) is 0 Å². The molecule has 0 aliphatic carbocycles. The number of hydrogen-bond donors (Lipinski definition) is 3. The fourth-order valence-corrected chi connectivity index (χ4v) is 1.47. The zero-order valence-electron chi connectivity index (χ0n) is 8.87. The lowest BCUT2D eigenvalue weighted by Crippen LogP contribution is -2.37. The van der Waals surface area contributed by atoms with Gasteiger partial charge in [-0.15, -0.1) is 0 Å². The van der Waals surface area contributed by atoms with Gasteiger partial charge in [0.1, 0.15) is 0 Å². The molecule has 0 spiro atoms. The first-order valence-electron chi connectivity index (χ1n) is 5.10. The highest BCUT2D eigenvalue weighted by Gasteiger charge is 2.01. The maximum atomic E-state index is 11.1. The highest BCUT2D eigenvalue weighted by Crippen LogP contribution is 2.14. The van der Waals surface area contributed by atoms with Gasteiger partial charge in [0.05, 0.1) is 6.61 Å². The Kier molecular flexibility index (Phi) is 5.67. The number of rotatable bonds is 5. The van der Waals surface area contributed by atoms with Crippen LogP contribution in [0.25, 0.3) is 0 Å². The first-order valence-corrected chi connectivity index (χ1v) is 5.48. The lowest BCUT2D eigenvalue weighted by atomic mass is 10.1. The number of aliphatic hydroxyl groups excluding tert-OH is 1. The zero-order valence-corrected chi connectivity index (χ0v) is 9.63. The summed E-state index contributed by atoms with van der Waals surface area (Å²) in [7, 11) is 0. The molecule has 1 aromatic rings. The van der Waals surface area contributed by atoms with Crippen LogP contribution in [0, 0.1) is 0 Å². The van der Waals surface area contributed by atoms with E-state index in [1.807, 2.05) is 24.3 Å². The first-order chi connectivity index (χ1) is 7.74. The summed E-state index contributed by atoms with van der Waals surface area (Å²) in [6.45, 7) is 0.719. The number of urea groups is 1. The summed E-state index contributed by atoms with van der Waals surface area (Å²) < 4.78 is 0. The molecule has 0 unspecified atom stereocenters. The van der Waals surface area contributed by atoms with E-state index in [-0.39, 0.29) is 19.2 Å². The summed E-state index contributed by atoms with van der Waals surface area (Å²) in [5.41, 5.74) is 1.01. The quantitative estimate of drug-likeness (QED) is 0.726. The minimum atomic E-state index is -0.277. The van der Waals surface area contributed by atoms with E-state index >= 15 is 0 Å². The average molecular weight is 243 g/mol. The third-order valence-corrected chi connectivity index (χ3v) is 2.40. The van der Waals surface area contributed by atoms with Crippen LogP contribution in [0.2, 0.25) is 5.02 Å². The summed E-state index contributed by atoms with van der Waals surface area (Å²) in [5.74, 6) is 0. The number of amides is 2. The maximum Gasteiger partial charge on any atom is 0.314 e. The molecule has 0 aliphatic rings. The molecule has 16 heavy (non-hydrogen) atoms. The second-order valence-corrected chi connectivity index (χ2v) is 3.65. The van der Waals surface area contributed by atoms with Gasteiger partial charge in [-0.05, 0) is 18.1 Å². The molecule has 88 valence electrons. The fraction of sp³-hybridized carbons (Fsp3) is 0.364. The Balaban J connectivity index is 2.25. The molecule has 0 saturated heterocycles. The van der Waals surface area contributed by atoms with Crippen molar-refractivity contribution in [2.45, 2.75) is 6.42 Å². The lowest BCUT2D eigenvalue weighted by molar-refractivity contribution is 0.234. The number of aliphatic hydroxyl groups is 1. The average Bonchev–Trinajstić information content (AvgIpc) is 2.29. The predicted octanol–water partition coefficient (Wildman–Crippen LogP) is 1.17. The Morgan fingerprint density at radius 3 is 2.62 bits per heavy atom. The Bertz CT molecular complexity index is 345. The topological polar surface area (TPSA) is 61.4 Å². The van der Waals surface area contributed by atoms with E-state index < -0.39 is 0 Å². The van der Waals surface area contributed by atoms with Crippen LogP contribution in [0.5, 0.6) is 0 Å². The van der Waals surface area contributed by atoms with Crippen LogP contribution in [-0.4, -0.2) is 30.8 Å². The molecule has 0 bridgehead atoms. The molecule has 2 amide bonds. The van der Waals surface area contributed by atoms with Gasteiger partial charge in [-0.1, -0.05) is 29.8 Å². The monoisotopic (exact) mass is 242 g/mol. The predicted molar refractivity (Wildman–Crippen MR) is 63.6 cm³/mol. The Hall–Kier alpha value is -1.26. The highest BCUT2D eigenvalue weighted by molar-refractivity contribution is 6.31. The van der Waals surface area contributed by atoms with Crippen molar-refractivity contribution in [1.29, 1.82) is 0 Å². The molecular formula is C11H15ClN2O2. The van der Waals surface area contributed by atoms with Crippen LogP contribution in [-0.2, 0) is 6.42 Å². The molecule has 0 aromatic heterocycles. The summed E-state index contributed by atoms with van der Waals surface area (Å²) in [6.07, 6.45) is 0.687. The van der Waals surface area contributed by atoms with Crippen LogP contribution in [0.1, 0.15) is 5.56 Å². The van der Waals surface area contributed by atoms with E-state index in [2.05, 4.69) is 10.6 Å². The Morgan fingerprint density at radius 1 is 1.25 bits per heavy atom. The van der Waals surface area contributed by atoms with Crippen molar-refractivity contribution < 1.29 is 9.90 Å². The first kappa shape index (κ1) is 12.8. The van der Waals surface area contributed by atoms with Crippen molar-refractivity contribution in [3.05, 3.63) is 34.9 Å². The van der Waals surface area contributed by atoms with Gasteiger partial charge in [-0.25, -0.2) is 4.79 Å². The Morgan fingerprint density at radius 2 is 1.94 bits per heavy atom. The van der Waals surface area contributed by atoms with Gasteiger partial charge in [0.25, 0.3) is 0 Å². The van der Waals surface area contributed by atoms with Crippen LogP contribution in [0.4, 0.5) is 4.79 Å². The summed E-state index contributed by atoms with van der Waals surface area (Å²) in [6, 6.07) is 7.25. The molecule has 3 N–H and O–H groups in total. The van der Waals surface area contributed by atoms with Gasteiger partial charge in [0.2, 0.25) is 0 Å². The van der Waals surface area contributed by atoms with Gasteiger partial charge < -0.3 is 15.7 Å². The van der Waals surface area contributed by atoms with Crippen molar-refractivity contribution in [3.8, 4) is 0 Å². The van der Waals surface area contributed by atoms with Crippen LogP contribution in [0.3, 0.4) is 0 Å². The van der Waals surface area contributed by atoms with Crippen molar-refractivity contribution in [2.75, 3.05) is 19.7 Å². The van der Waals surface area contributed by atoms with E-state index in [1.54, 1.807) is 0 Å². The molecule has 1 aromatic carbocycles. The molecule has 0 saturated carbocycles. The molecular weight excluding hydrogens is 228 g/mol. The molecule has 0 radical (unpaired) electrons. The molecule has 0 fully saturated rings. The highest BCUT2D eigenvalue weighted by atomic mass is 35.5. The van der Waals surface area contributed by atoms with E-state index in [1.165, 1.54) is 0 Å². The van der Waals surface area contributed by atoms with Crippen molar-refractivity contribution >= 4 is 17.6 Å². The summed E-state index contributed by atoms with van der Waals surface area (Å²) >= 11 is 5.96. The molecule has 0 heterocycles. The number of hydrogen-bond acceptors (Lipinski definition) is 2. The van der Waals surface area contributed by atoms with E-state index in [0.717, 1.165) is 5.56 Å². The maximum absolute atomic E-state index is 11.1. The van der Waals surface area contributed by atoms with Crippen LogP contribution < -0.4 is 10.6 Å². The minimum Gasteiger partial charge on any atom is -0.395 e. The molecule has 0 aliphatic heterocycles. The number of halogens is 1. The van der Waals surface area contributed by atoms with E-state index in [9.17, 15) is 4.79 Å². The third kappa shape index (κ3) is 4.51. The summed E-state index contributed by atoms with van der Waals surface area (Å²) in [5, 5.41) is 14.4. The Labute approximate surface area is 99.6 Å². The normalized spacial score (nSPS) is 9.88. The second-order valence-electron chi connectivity index (χ2n) is 3.25. The second kappa shape index (κ2) is 7.09. The number of benzene rings is 1. The molecule has 1 rings (SSSR count).